The minimum absolute atomic E-state index is 0.0708. The molecular weight excluding hydrogens is 454 g/mol. The highest BCUT2D eigenvalue weighted by Gasteiger charge is 2.23. The van der Waals surface area contributed by atoms with E-state index in [0.717, 1.165) is 23.2 Å². The lowest BCUT2D eigenvalue weighted by Gasteiger charge is -2.23. The van der Waals surface area contributed by atoms with E-state index in [1.54, 1.807) is 30.3 Å². The van der Waals surface area contributed by atoms with Crippen molar-refractivity contribution in [1.29, 1.82) is 0 Å². The first kappa shape index (κ1) is 23.5. The third-order valence-corrected chi connectivity index (χ3v) is 6.41. The van der Waals surface area contributed by atoms with Gasteiger partial charge in [-0.25, -0.2) is 8.42 Å². The molecule has 170 valence electrons. The third-order valence-electron chi connectivity index (χ3n) is 4.65. The van der Waals surface area contributed by atoms with Crippen LogP contribution in [0.2, 0.25) is 0 Å². The maximum Gasteiger partial charge on any atom is 0.287 e. The van der Waals surface area contributed by atoms with Gasteiger partial charge in [0.2, 0.25) is 10.0 Å². The van der Waals surface area contributed by atoms with E-state index in [-0.39, 0.29) is 33.1 Å². The normalized spacial score (nSPS) is 11.9. The summed E-state index contributed by atoms with van der Waals surface area (Å²) >= 11 is 1.01. The topological polar surface area (TPSA) is 128 Å². The molecule has 0 aliphatic heterocycles. The molecule has 9 nitrogen and oxygen atoms in total. The molecule has 0 aliphatic rings. The number of nitro benzene ring substituents is 1. The van der Waals surface area contributed by atoms with E-state index in [1.807, 2.05) is 20.8 Å². The molecule has 1 aromatic heterocycles. The van der Waals surface area contributed by atoms with Crippen LogP contribution < -0.4 is 14.8 Å². The van der Waals surface area contributed by atoms with Crippen LogP contribution in [0.15, 0.2) is 36.4 Å². The molecule has 0 bridgehead atoms. The molecule has 0 saturated heterocycles. The number of fused-ring (bicyclic) bond motifs is 1. The van der Waals surface area contributed by atoms with Crippen LogP contribution in [0.25, 0.3) is 10.1 Å². The van der Waals surface area contributed by atoms with E-state index in [4.69, 9.17) is 4.74 Å². The Labute approximate surface area is 189 Å². The smallest absolute Gasteiger partial charge is 0.287 e. The molecule has 2 N–H and O–H groups in total. The number of nitrogens with zero attached hydrogens (tertiary/aromatic N) is 1. The molecule has 1 amide bonds. The minimum atomic E-state index is -3.60. The molecule has 0 atom stereocenters. The quantitative estimate of drug-likeness (QED) is 0.390. The molecule has 3 rings (SSSR count). The standard InChI is InChI=1S/C21H23N3O6S2/c1-21(2,3)13-10-14(18(30-4)15(11-13)23-32(5,28)29)22-20(25)17-9-12-7-6-8-16(24(26)27)19(12)31-17/h6-11,23H,1-5H3,(H,22,25). The maximum atomic E-state index is 13.0. The van der Waals surface area contributed by atoms with Crippen LogP contribution in [0.4, 0.5) is 17.1 Å². The van der Waals surface area contributed by atoms with Gasteiger partial charge in [-0.1, -0.05) is 32.9 Å². The zero-order chi connectivity index (χ0) is 23.8. The number of ether oxygens (including phenoxy) is 1. The van der Waals surface area contributed by atoms with Gasteiger partial charge in [0.15, 0.2) is 5.75 Å². The van der Waals surface area contributed by atoms with Crippen molar-refractivity contribution in [3.8, 4) is 5.75 Å². The predicted molar refractivity (Wildman–Crippen MR) is 127 cm³/mol. The lowest BCUT2D eigenvalue weighted by atomic mass is 9.86. The summed E-state index contributed by atoms with van der Waals surface area (Å²) in [6, 6.07) is 9.62. The van der Waals surface area contributed by atoms with Crippen molar-refractivity contribution in [2.24, 2.45) is 0 Å². The molecule has 0 aliphatic carbocycles. The number of hydrogen-bond donors (Lipinski definition) is 2. The van der Waals surface area contributed by atoms with E-state index < -0.39 is 20.9 Å². The molecule has 0 fully saturated rings. The number of thiophene rings is 1. The van der Waals surface area contributed by atoms with Crippen molar-refractivity contribution < 1.29 is 22.9 Å². The maximum absolute atomic E-state index is 13.0. The number of anilines is 2. The van der Waals surface area contributed by atoms with E-state index in [1.165, 1.54) is 13.2 Å². The number of carbonyl (C=O) groups excluding carboxylic acids is 1. The first-order valence-corrected chi connectivity index (χ1v) is 12.2. The molecule has 32 heavy (non-hydrogen) atoms. The molecule has 11 heteroatoms. The number of nitro groups is 1. The second-order valence-electron chi connectivity index (χ2n) is 8.25. The van der Waals surface area contributed by atoms with Gasteiger partial charge in [0, 0.05) is 11.5 Å². The van der Waals surface area contributed by atoms with Gasteiger partial charge in [-0.05, 0) is 29.2 Å². The van der Waals surface area contributed by atoms with Gasteiger partial charge in [-0.2, -0.15) is 0 Å². The fourth-order valence-corrected chi connectivity index (χ4v) is 4.73. The van der Waals surface area contributed by atoms with E-state index in [9.17, 15) is 23.3 Å². The monoisotopic (exact) mass is 477 g/mol. The average molecular weight is 478 g/mol. The van der Waals surface area contributed by atoms with Crippen molar-refractivity contribution in [3.05, 3.63) is 57.0 Å². The van der Waals surface area contributed by atoms with Gasteiger partial charge in [0.1, 0.15) is 4.70 Å². The van der Waals surface area contributed by atoms with Crippen LogP contribution in [0.1, 0.15) is 36.0 Å². The Morgan fingerprint density at radius 1 is 1.16 bits per heavy atom. The van der Waals surface area contributed by atoms with Crippen molar-refractivity contribution in [2.75, 3.05) is 23.4 Å². The van der Waals surface area contributed by atoms with Gasteiger partial charge in [0.25, 0.3) is 11.6 Å². The van der Waals surface area contributed by atoms with Crippen molar-refractivity contribution in [3.63, 3.8) is 0 Å². The van der Waals surface area contributed by atoms with Gasteiger partial charge in [-0.3, -0.25) is 19.6 Å². The molecule has 0 spiro atoms. The number of carbonyl (C=O) groups is 1. The zero-order valence-electron chi connectivity index (χ0n) is 18.2. The van der Waals surface area contributed by atoms with Crippen molar-refractivity contribution in [1.82, 2.24) is 0 Å². The Hall–Kier alpha value is -3.18. The van der Waals surface area contributed by atoms with Gasteiger partial charge in [-0.15, -0.1) is 11.3 Å². The number of nitrogens with one attached hydrogen (secondary N) is 2. The Morgan fingerprint density at radius 3 is 2.38 bits per heavy atom. The van der Waals surface area contributed by atoms with Crippen LogP contribution >= 0.6 is 11.3 Å². The van der Waals surface area contributed by atoms with E-state index in [2.05, 4.69) is 10.0 Å². The number of amides is 1. The minimum Gasteiger partial charge on any atom is -0.492 e. The summed E-state index contributed by atoms with van der Waals surface area (Å²) < 4.78 is 32.0. The Balaban J connectivity index is 2.08. The summed E-state index contributed by atoms with van der Waals surface area (Å²) in [5.74, 6) is -0.334. The molecule has 3 aromatic rings. The number of methoxy groups -OCH3 is 1. The fourth-order valence-electron chi connectivity index (χ4n) is 3.14. The summed E-state index contributed by atoms with van der Waals surface area (Å²) in [6.45, 7) is 5.86. The first-order chi connectivity index (χ1) is 14.8. The SMILES string of the molecule is COc1c(NC(=O)c2cc3cccc([N+](=O)[O-])c3s2)cc(C(C)(C)C)cc1NS(C)(=O)=O. The molecule has 0 saturated carbocycles. The van der Waals surface area contributed by atoms with Crippen LogP contribution in [0.3, 0.4) is 0 Å². The van der Waals surface area contributed by atoms with Crippen LogP contribution in [0, 0.1) is 10.1 Å². The van der Waals surface area contributed by atoms with Crippen LogP contribution in [-0.4, -0.2) is 32.6 Å². The number of benzene rings is 2. The van der Waals surface area contributed by atoms with Crippen LogP contribution in [-0.2, 0) is 15.4 Å². The molecule has 1 heterocycles. The van der Waals surface area contributed by atoms with Crippen molar-refractivity contribution in [2.45, 2.75) is 26.2 Å². The van der Waals surface area contributed by atoms with E-state index in [0.29, 0.717) is 10.1 Å². The Bertz CT molecular complexity index is 1320. The second-order valence-corrected chi connectivity index (χ2v) is 11.0. The summed E-state index contributed by atoms with van der Waals surface area (Å²) in [7, 11) is -2.23. The van der Waals surface area contributed by atoms with Gasteiger partial charge >= 0.3 is 0 Å². The number of non-ortho nitro benzene ring substituents is 1. The molecule has 2 aromatic carbocycles. The Morgan fingerprint density at radius 2 is 1.81 bits per heavy atom. The zero-order valence-corrected chi connectivity index (χ0v) is 19.8. The molecular formula is C21H23N3O6S2. The first-order valence-electron chi connectivity index (χ1n) is 9.49. The van der Waals surface area contributed by atoms with Gasteiger partial charge < -0.3 is 10.1 Å². The lowest BCUT2D eigenvalue weighted by molar-refractivity contribution is -0.382. The highest BCUT2D eigenvalue weighted by atomic mass is 32.2. The summed E-state index contributed by atoms with van der Waals surface area (Å²) in [5, 5.41) is 14.6. The number of sulfonamides is 1. The summed E-state index contributed by atoms with van der Waals surface area (Å²) in [5.41, 5.74) is 0.829. The average Bonchev–Trinajstić information content (AvgIpc) is 3.10. The number of hydrogen-bond acceptors (Lipinski definition) is 7. The highest BCUT2D eigenvalue weighted by Crippen LogP contribution is 2.40. The number of rotatable bonds is 6. The largest absolute Gasteiger partial charge is 0.492 e. The Kier molecular flexibility index (Phi) is 6.16. The lowest BCUT2D eigenvalue weighted by Crippen LogP contribution is -2.18. The van der Waals surface area contributed by atoms with Crippen LogP contribution in [0.5, 0.6) is 5.75 Å². The summed E-state index contributed by atoms with van der Waals surface area (Å²) in [6.07, 6.45) is 1.03. The predicted octanol–water partition coefficient (Wildman–Crippen LogP) is 4.74. The fraction of sp³-hybridized carbons (Fsp3) is 0.286. The third kappa shape index (κ3) is 5.00. The molecule has 0 unspecified atom stereocenters. The van der Waals surface area contributed by atoms with Gasteiger partial charge in [0.05, 0.1) is 34.5 Å². The van der Waals surface area contributed by atoms with E-state index >= 15 is 0 Å². The molecule has 0 radical (unpaired) electrons. The second kappa shape index (κ2) is 8.40. The summed E-state index contributed by atoms with van der Waals surface area (Å²) in [4.78, 5) is 24.1. The highest BCUT2D eigenvalue weighted by molar-refractivity contribution is 7.92. The van der Waals surface area contributed by atoms with Crippen molar-refractivity contribution >= 4 is 54.4 Å².